The van der Waals surface area contributed by atoms with Crippen LogP contribution < -0.4 is 10.6 Å². The summed E-state index contributed by atoms with van der Waals surface area (Å²) in [6.45, 7) is 4.07. The first-order valence-corrected chi connectivity index (χ1v) is 8.51. The largest absolute Gasteiger partial charge is 0.360 e. The first kappa shape index (κ1) is 18.6. The summed E-state index contributed by atoms with van der Waals surface area (Å²) < 4.78 is 0. The van der Waals surface area contributed by atoms with Crippen molar-refractivity contribution in [2.45, 2.75) is 26.7 Å². The molecule has 0 radical (unpaired) electrons. The van der Waals surface area contributed by atoms with Gasteiger partial charge in [0.1, 0.15) is 11.6 Å². The van der Waals surface area contributed by atoms with Crippen LogP contribution in [0, 0.1) is 11.3 Å². The van der Waals surface area contributed by atoms with Crippen molar-refractivity contribution in [1.29, 1.82) is 5.26 Å². The van der Waals surface area contributed by atoms with Gasteiger partial charge in [0.05, 0.1) is 0 Å². The summed E-state index contributed by atoms with van der Waals surface area (Å²) in [5, 5.41) is 15.7. The second-order valence-corrected chi connectivity index (χ2v) is 5.87. The zero-order valence-electron chi connectivity index (χ0n) is 14.3. The van der Waals surface area contributed by atoms with E-state index in [-0.39, 0.29) is 5.57 Å². The van der Waals surface area contributed by atoms with Crippen molar-refractivity contribution in [3.63, 3.8) is 0 Å². The molecule has 0 saturated heterocycles. The third-order valence-corrected chi connectivity index (χ3v) is 4.05. The van der Waals surface area contributed by atoms with Gasteiger partial charge in [-0.3, -0.25) is 4.79 Å². The molecular formula is C20H20ClN3O. The molecule has 0 atom stereocenters. The van der Waals surface area contributed by atoms with E-state index in [0.717, 1.165) is 29.7 Å². The number of hydrogen-bond acceptors (Lipinski definition) is 3. The second-order valence-electron chi connectivity index (χ2n) is 5.44. The minimum Gasteiger partial charge on any atom is -0.360 e. The number of carbonyl (C=O) groups is 1. The minimum atomic E-state index is -0.437. The lowest BCUT2D eigenvalue weighted by Gasteiger charge is -2.14. The van der Waals surface area contributed by atoms with Gasteiger partial charge in [0.15, 0.2) is 0 Å². The Morgan fingerprint density at radius 2 is 1.80 bits per heavy atom. The lowest BCUT2D eigenvalue weighted by Crippen LogP contribution is -2.17. The normalized spacial score (nSPS) is 10.9. The molecule has 2 aromatic rings. The summed E-state index contributed by atoms with van der Waals surface area (Å²) >= 11 is 5.93. The number of para-hydroxylation sites is 1. The molecule has 0 spiro atoms. The lowest BCUT2D eigenvalue weighted by atomic mass is 10.0. The molecule has 0 aliphatic heterocycles. The molecule has 0 fully saturated rings. The first-order valence-electron chi connectivity index (χ1n) is 8.13. The quantitative estimate of drug-likeness (QED) is 0.572. The molecular weight excluding hydrogens is 334 g/mol. The highest BCUT2D eigenvalue weighted by Crippen LogP contribution is 2.23. The van der Waals surface area contributed by atoms with Crippen molar-refractivity contribution in [2.75, 3.05) is 10.6 Å². The monoisotopic (exact) mass is 353 g/mol. The van der Waals surface area contributed by atoms with Crippen LogP contribution in [-0.2, 0) is 17.6 Å². The maximum atomic E-state index is 12.5. The number of benzene rings is 2. The predicted octanol–water partition coefficient (Wildman–Crippen LogP) is 4.92. The first-order chi connectivity index (χ1) is 12.1. The maximum Gasteiger partial charge on any atom is 0.267 e. The van der Waals surface area contributed by atoms with Crippen LogP contribution in [0.4, 0.5) is 11.4 Å². The van der Waals surface area contributed by atoms with E-state index in [1.54, 1.807) is 24.3 Å². The van der Waals surface area contributed by atoms with Crippen molar-refractivity contribution in [1.82, 2.24) is 0 Å². The fourth-order valence-corrected chi connectivity index (χ4v) is 2.66. The average molecular weight is 354 g/mol. The van der Waals surface area contributed by atoms with E-state index >= 15 is 0 Å². The Hall–Kier alpha value is -2.77. The van der Waals surface area contributed by atoms with Crippen molar-refractivity contribution in [3.8, 4) is 6.07 Å². The third-order valence-electron chi connectivity index (χ3n) is 3.81. The predicted molar refractivity (Wildman–Crippen MR) is 103 cm³/mol. The molecule has 0 unspecified atom stereocenters. The number of nitrogens with one attached hydrogen (secondary N) is 2. The summed E-state index contributed by atoms with van der Waals surface area (Å²) in [5.41, 5.74) is 3.59. The van der Waals surface area contributed by atoms with Crippen molar-refractivity contribution in [2.24, 2.45) is 0 Å². The van der Waals surface area contributed by atoms with Gasteiger partial charge in [-0.05, 0) is 42.2 Å². The van der Waals surface area contributed by atoms with Crippen LogP contribution in [0.25, 0.3) is 0 Å². The molecule has 1 amide bonds. The molecule has 25 heavy (non-hydrogen) atoms. The van der Waals surface area contributed by atoms with Gasteiger partial charge < -0.3 is 10.6 Å². The van der Waals surface area contributed by atoms with Crippen molar-refractivity contribution in [3.05, 3.63) is 70.4 Å². The number of hydrogen-bond donors (Lipinski definition) is 2. The van der Waals surface area contributed by atoms with E-state index in [9.17, 15) is 10.1 Å². The van der Waals surface area contributed by atoms with Gasteiger partial charge in [0, 0.05) is 22.6 Å². The van der Waals surface area contributed by atoms with Crippen LogP contribution in [0.2, 0.25) is 5.02 Å². The number of carbonyl (C=O) groups excluding carboxylic acids is 1. The van der Waals surface area contributed by atoms with Gasteiger partial charge in [-0.1, -0.05) is 49.7 Å². The van der Waals surface area contributed by atoms with Gasteiger partial charge in [-0.25, -0.2) is 0 Å². The van der Waals surface area contributed by atoms with Crippen LogP contribution in [0.3, 0.4) is 0 Å². The van der Waals surface area contributed by atoms with Gasteiger partial charge >= 0.3 is 0 Å². The number of halogens is 1. The van der Waals surface area contributed by atoms with E-state index in [1.807, 2.05) is 38.1 Å². The molecule has 4 nitrogen and oxygen atoms in total. The highest BCUT2D eigenvalue weighted by Gasteiger charge is 2.13. The van der Waals surface area contributed by atoms with Gasteiger partial charge in [-0.15, -0.1) is 0 Å². The van der Waals surface area contributed by atoms with Gasteiger partial charge in [-0.2, -0.15) is 5.26 Å². The maximum absolute atomic E-state index is 12.5. The molecule has 5 heteroatoms. The number of anilines is 2. The van der Waals surface area contributed by atoms with Crippen LogP contribution in [-0.4, -0.2) is 5.91 Å². The molecule has 0 aliphatic rings. The van der Waals surface area contributed by atoms with Gasteiger partial charge in [0.2, 0.25) is 0 Å². The zero-order chi connectivity index (χ0) is 18.2. The fourth-order valence-electron chi connectivity index (χ4n) is 2.47. The van der Waals surface area contributed by atoms with E-state index < -0.39 is 5.91 Å². The molecule has 0 saturated carbocycles. The SMILES string of the molecule is CCc1cccc(CC)c1NC(=O)/C(C#N)=C\Nc1cccc(Cl)c1. The third kappa shape index (κ3) is 4.85. The highest BCUT2D eigenvalue weighted by molar-refractivity contribution is 6.30. The Morgan fingerprint density at radius 3 is 2.36 bits per heavy atom. The van der Waals surface area contributed by atoms with Crippen molar-refractivity contribution >= 4 is 28.9 Å². The molecule has 0 heterocycles. The highest BCUT2D eigenvalue weighted by atomic mass is 35.5. The molecule has 0 aliphatic carbocycles. The van der Waals surface area contributed by atoms with Crippen LogP contribution in [0.5, 0.6) is 0 Å². The fraction of sp³-hybridized carbons (Fsp3) is 0.200. The van der Waals surface area contributed by atoms with Crippen LogP contribution in [0.15, 0.2) is 54.2 Å². The Labute approximate surface area is 153 Å². The van der Waals surface area contributed by atoms with E-state index in [4.69, 9.17) is 11.6 Å². The number of nitrogens with zero attached hydrogens (tertiary/aromatic N) is 1. The molecule has 2 aromatic carbocycles. The summed E-state index contributed by atoms with van der Waals surface area (Å²) in [5.74, 6) is -0.437. The van der Waals surface area contributed by atoms with Crippen LogP contribution in [0.1, 0.15) is 25.0 Å². The summed E-state index contributed by atoms with van der Waals surface area (Å²) in [7, 11) is 0. The van der Waals surface area contributed by atoms with Crippen LogP contribution >= 0.6 is 11.6 Å². The summed E-state index contributed by atoms with van der Waals surface area (Å²) in [6.07, 6.45) is 2.99. The lowest BCUT2D eigenvalue weighted by molar-refractivity contribution is -0.112. The van der Waals surface area contributed by atoms with E-state index in [1.165, 1.54) is 6.20 Å². The second kappa shape index (κ2) is 8.91. The molecule has 0 bridgehead atoms. The van der Waals surface area contributed by atoms with E-state index in [0.29, 0.717) is 10.7 Å². The molecule has 0 aromatic heterocycles. The average Bonchev–Trinajstić information content (AvgIpc) is 2.62. The Balaban J connectivity index is 2.21. The Kier molecular flexibility index (Phi) is 6.62. The number of rotatable bonds is 6. The molecule has 128 valence electrons. The summed E-state index contributed by atoms with van der Waals surface area (Å²) in [4.78, 5) is 12.5. The molecule has 2 N–H and O–H groups in total. The van der Waals surface area contributed by atoms with Crippen molar-refractivity contribution < 1.29 is 4.79 Å². The smallest absolute Gasteiger partial charge is 0.267 e. The zero-order valence-corrected chi connectivity index (χ0v) is 15.0. The standard InChI is InChI=1S/C20H20ClN3O/c1-3-14-7-5-8-15(4-2)19(14)24-20(25)16(12-22)13-23-18-10-6-9-17(21)11-18/h5-11,13,23H,3-4H2,1-2H3,(H,24,25)/b16-13-. The topological polar surface area (TPSA) is 64.9 Å². The van der Waals surface area contributed by atoms with Gasteiger partial charge in [0.25, 0.3) is 5.91 Å². The number of aryl methyl sites for hydroxylation is 2. The Morgan fingerprint density at radius 1 is 1.16 bits per heavy atom. The minimum absolute atomic E-state index is 0.00654. The summed E-state index contributed by atoms with van der Waals surface area (Å²) in [6, 6.07) is 14.9. The van der Waals surface area contributed by atoms with E-state index in [2.05, 4.69) is 10.6 Å². The Bertz CT molecular complexity index is 815. The molecule has 2 rings (SSSR count). The number of amides is 1. The number of nitriles is 1.